The van der Waals surface area contributed by atoms with Crippen LogP contribution in [0.1, 0.15) is 38.7 Å². The minimum atomic E-state index is -0.318. The van der Waals surface area contributed by atoms with Crippen molar-refractivity contribution in [1.82, 2.24) is 4.90 Å². The molecule has 0 aliphatic carbocycles. The lowest BCUT2D eigenvalue weighted by molar-refractivity contribution is 0.234. The molecule has 23 heavy (non-hydrogen) atoms. The maximum Gasteiger partial charge on any atom is 0.336 e. The molecule has 1 heterocycles. The Hall–Kier alpha value is -1.81. The topological polar surface area (TPSA) is 42.7 Å². The Morgan fingerprint density at radius 3 is 2.52 bits per heavy atom. The van der Waals surface area contributed by atoms with E-state index in [2.05, 4.69) is 18.7 Å². The molecule has 126 valence electrons. The second kappa shape index (κ2) is 8.73. The number of benzene rings is 1. The van der Waals surface area contributed by atoms with E-state index in [1.807, 2.05) is 19.1 Å². The first kappa shape index (κ1) is 17.5. The van der Waals surface area contributed by atoms with Crippen molar-refractivity contribution in [2.45, 2.75) is 40.0 Å². The highest BCUT2D eigenvalue weighted by atomic mass is 16.5. The fourth-order valence-electron chi connectivity index (χ4n) is 2.84. The van der Waals surface area contributed by atoms with E-state index in [0.717, 1.165) is 42.8 Å². The molecule has 0 fully saturated rings. The van der Waals surface area contributed by atoms with Crippen LogP contribution in [-0.4, -0.2) is 31.1 Å². The number of rotatable bonds is 9. The molecular formula is C19H27NO3. The molecule has 0 amide bonds. The monoisotopic (exact) mass is 317 g/mol. The van der Waals surface area contributed by atoms with E-state index in [0.29, 0.717) is 12.2 Å². The van der Waals surface area contributed by atoms with Crippen LogP contribution in [0.2, 0.25) is 0 Å². The summed E-state index contributed by atoms with van der Waals surface area (Å²) in [7, 11) is 0. The summed E-state index contributed by atoms with van der Waals surface area (Å²) in [6, 6.07) is 7.20. The third-order valence-corrected chi connectivity index (χ3v) is 3.89. The van der Waals surface area contributed by atoms with Gasteiger partial charge in [0.15, 0.2) is 0 Å². The van der Waals surface area contributed by atoms with Gasteiger partial charge in [0.1, 0.15) is 11.3 Å². The Balaban J connectivity index is 1.91. The van der Waals surface area contributed by atoms with Crippen LogP contribution in [0, 0.1) is 6.92 Å². The second-order valence-corrected chi connectivity index (χ2v) is 5.95. The van der Waals surface area contributed by atoms with Crippen LogP contribution >= 0.6 is 0 Å². The van der Waals surface area contributed by atoms with Gasteiger partial charge in [0.25, 0.3) is 0 Å². The normalized spacial score (nSPS) is 11.3. The van der Waals surface area contributed by atoms with Crippen LogP contribution in [0.4, 0.5) is 0 Å². The highest BCUT2D eigenvalue weighted by Crippen LogP contribution is 2.22. The lowest BCUT2D eigenvalue weighted by Crippen LogP contribution is -2.27. The minimum Gasteiger partial charge on any atom is -0.493 e. The Kier molecular flexibility index (Phi) is 6.66. The molecule has 0 aliphatic heterocycles. The third kappa shape index (κ3) is 5.10. The Labute approximate surface area is 138 Å². The summed E-state index contributed by atoms with van der Waals surface area (Å²) in [5.41, 5.74) is 1.20. The van der Waals surface area contributed by atoms with Gasteiger partial charge in [0.05, 0.1) is 6.61 Å². The molecule has 0 unspecified atom stereocenters. The van der Waals surface area contributed by atoms with Crippen molar-refractivity contribution < 1.29 is 9.15 Å². The van der Waals surface area contributed by atoms with Crippen molar-refractivity contribution in [1.29, 1.82) is 0 Å². The van der Waals surface area contributed by atoms with Crippen LogP contribution < -0.4 is 10.4 Å². The Morgan fingerprint density at radius 2 is 1.83 bits per heavy atom. The van der Waals surface area contributed by atoms with Gasteiger partial charge in [0.2, 0.25) is 0 Å². The summed E-state index contributed by atoms with van der Waals surface area (Å²) in [6.45, 7) is 10.4. The molecule has 4 heteroatoms. The van der Waals surface area contributed by atoms with Crippen molar-refractivity contribution in [2.24, 2.45) is 0 Å². The molecule has 2 aromatic rings. The summed E-state index contributed by atoms with van der Waals surface area (Å²) in [5, 5.41) is 0.953. The van der Waals surface area contributed by atoms with Crippen LogP contribution in [-0.2, 0) is 0 Å². The molecule has 0 aliphatic rings. The molecule has 4 nitrogen and oxygen atoms in total. The lowest BCUT2D eigenvalue weighted by atomic mass is 10.1. The van der Waals surface area contributed by atoms with Gasteiger partial charge < -0.3 is 14.1 Å². The van der Waals surface area contributed by atoms with Crippen molar-refractivity contribution in [3.8, 4) is 5.75 Å². The fraction of sp³-hybridized carbons (Fsp3) is 0.526. The zero-order valence-corrected chi connectivity index (χ0v) is 14.4. The average molecular weight is 317 g/mol. The van der Waals surface area contributed by atoms with Gasteiger partial charge in [-0.2, -0.15) is 0 Å². The smallest absolute Gasteiger partial charge is 0.336 e. The largest absolute Gasteiger partial charge is 0.493 e. The van der Waals surface area contributed by atoms with E-state index in [-0.39, 0.29) is 5.63 Å². The number of nitrogens with zero attached hydrogens (tertiary/aromatic N) is 1. The van der Waals surface area contributed by atoms with E-state index in [4.69, 9.17) is 9.15 Å². The van der Waals surface area contributed by atoms with Crippen molar-refractivity contribution in [2.75, 3.05) is 26.2 Å². The van der Waals surface area contributed by atoms with Gasteiger partial charge in [-0.05, 0) is 57.0 Å². The van der Waals surface area contributed by atoms with Gasteiger partial charge in [0, 0.05) is 24.1 Å². The van der Waals surface area contributed by atoms with Gasteiger partial charge >= 0.3 is 5.63 Å². The first-order valence-corrected chi connectivity index (χ1v) is 8.53. The maximum atomic E-state index is 11.5. The molecule has 1 aromatic carbocycles. The predicted octanol–water partition coefficient (Wildman–Crippen LogP) is 3.99. The van der Waals surface area contributed by atoms with Crippen molar-refractivity contribution in [3.05, 3.63) is 40.2 Å². The van der Waals surface area contributed by atoms with Gasteiger partial charge in [-0.25, -0.2) is 4.79 Å². The first-order valence-electron chi connectivity index (χ1n) is 8.53. The number of ether oxygens (including phenoxy) is 1. The molecule has 0 saturated heterocycles. The van der Waals surface area contributed by atoms with E-state index in [1.165, 1.54) is 18.9 Å². The van der Waals surface area contributed by atoms with Crippen molar-refractivity contribution in [3.63, 3.8) is 0 Å². The molecule has 0 N–H and O–H groups in total. The zero-order valence-electron chi connectivity index (χ0n) is 14.4. The fourth-order valence-corrected chi connectivity index (χ4v) is 2.84. The quantitative estimate of drug-likeness (QED) is 0.518. The zero-order chi connectivity index (χ0) is 16.7. The summed E-state index contributed by atoms with van der Waals surface area (Å²) >= 11 is 0. The summed E-state index contributed by atoms with van der Waals surface area (Å²) in [4.78, 5) is 13.9. The number of fused-ring (bicyclic) bond motifs is 1. The van der Waals surface area contributed by atoms with Crippen LogP contribution in [0.3, 0.4) is 0 Å². The van der Waals surface area contributed by atoms with E-state index >= 15 is 0 Å². The second-order valence-electron chi connectivity index (χ2n) is 5.95. The summed E-state index contributed by atoms with van der Waals surface area (Å²) in [5.74, 6) is 0.754. The van der Waals surface area contributed by atoms with Crippen LogP contribution in [0.15, 0.2) is 33.5 Å². The van der Waals surface area contributed by atoms with Gasteiger partial charge in [-0.15, -0.1) is 0 Å². The SMILES string of the molecule is CCCN(CCC)CCCOc1ccc2c(C)cc(=O)oc2c1. The molecule has 1 aromatic heterocycles. The van der Waals surface area contributed by atoms with E-state index < -0.39 is 0 Å². The maximum absolute atomic E-state index is 11.5. The van der Waals surface area contributed by atoms with Crippen LogP contribution in [0.25, 0.3) is 11.0 Å². The molecule has 0 bridgehead atoms. The highest BCUT2D eigenvalue weighted by Gasteiger charge is 2.05. The highest BCUT2D eigenvalue weighted by molar-refractivity contribution is 5.81. The third-order valence-electron chi connectivity index (χ3n) is 3.89. The molecule has 0 saturated carbocycles. The molecule has 2 rings (SSSR count). The molecule has 0 radical (unpaired) electrons. The number of hydrogen-bond donors (Lipinski definition) is 0. The summed E-state index contributed by atoms with van der Waals surface area (Å²) in [6.07, 6.45) is 3.36. The lowest BCUT2D eigenvalue weighted by Gasteiger charge is -2.20. The van der Waals surface area contributed by atoms with Crippen LogP contribution in [0.5, 0.6) is 5.75 Å². The number of hydrogen-bond acceptors (Lipinski definition) is 4. The Morgan fingerprint density at radius 1 is 1.09 bits per heavy atom. The van der Waals surface area contributed by atoms with Gasteiger partial charge in [-0.3, -0.25) is 0 Å². The first-order chi connectivity index (χ1) is 11.1. The van der Waals surface area contributed by atoms with E-state index in [1.54, 1.807) is 6.07 Å². The molecule has 0 spiro atoms. The standard InChI is InChI=1S/C19H27NO3/c1-4-9-20(10-5-2)11-6-12-22-16-7-8-17-15(3)13-19(21)23-18(17)14-16/h7-8,13-14H,4-6,9-12H2,1-3H3. The minimum absolute atomic E-state index is 0.318. The average Bonchev–Trinajstić information content (AvgIpc) is 2.51. The molecule has 0 atom stereocenters. The summed E-state index contributed by atoms with van der Waals surface area (Å²) < 4.78 is 11.1. The van der Waals surface area contributed by atoms with Crippen molar-refractivity contribution >= 4 is 11.0 Å². The van der Waals surface area contributed by atoms with E-state index in [9.17, 15) is 4.79 Å². The predicted molar refractivity (Wildman–Crippen MR) is 94.4 cm³/mol. The molecular weight excluding hydrogens is 290 g/mol. The Bertz CT molecular complexity index is 672. The van der Waals surface area contributed by atoms with Gasteiger partial charge in [-0.1, -0.05) is 13.8 Å². The number of aryl methyl sites for hydroxylation is 1.